The van der Waals surface area contributed by atoms with Crippen molar-refractivity contribution >= 4 is 31.7 Å². The molecule has 2 unspecified atom stereocenters. The summed E-state index contributed by atoms with van der Waals surface area (Å²) in [6, 6.07) is 6.83. The maximum atomic E-state index is 12.3. The number of nitrogens with one attached hydrogen (secondary N) is 1. The summed E-state index contributed by atoms with van der Waals surface area (Å²) in [6.07, 6.45) is 0.449. The number of rotatable bonds is 3. The lowest BCUT2D eigenvalue weighted by molar-refractivity contribution is -0.126. The Kier molecular flexibility index (Phi) is 4.22. The highest BCUT2D eigenvalue weighted by molar-refractivity contribution is 9.10. The van der Waals surface area contributed by atoms with E-state index in [0.29, 0.717) is 12.0 Å². The van der Waals surface area contributed by atoms with E-state index < -0.39 is 15.4 Å². The van der Waals surface area contributed by atoms with Crippen LogP contribution in [0.15, 0.2) is 28.7 Å². The van der Waals surface area contributed by atoms with E-state index in [9.17, 15) is 13.2 Å². The van der Waals surface area contributed by atoms with Crippen molar-refractivity contribution in [1.82, 2.24) is 5.32 Å². The van der Waals surface area contributed by atoms with Crippen LogP contribution in [0.25, 0.3) is 0 Å². The second-order valence-corrected chi connectivity index (χ2v) is 8.43. The van der Waals surface area contributed by atoms with Gasteiger partial charge in [0.2, 0.25) is 5.91 Å². The van der Waals surface area contributed by atoms with E-state index in [0.717, 1.165) is 4.47 Å². The van der Waals surface area contributed by atoms with Gasteiger partial charge in [-0.15, -0.1) is 0 Å². The Morgan fingerprint density at radius 1 is 1.40 bits per heavy atom. The van der Waals surface area contributed by atoms with E-state index in [1.165, 1.54) is 0 Å². The van der Waals surface area contributed by atoms with Gasteiger partial charge in [0, 0.05) is 10.5 Å². The van der Waals surface area contributed by atoms with Crippen LogP contribution in [0.2, 0.25) is 0 Å². The molecule has 0 spiro atoms. The summed E-state index contributed by atoms with van der Waals surface area (Å²) >= 11 is 3.32. The molecule has 1 heterocycles. The molecule has 0 aromatic heterocycles. The molecule has 1 aliphatic heterocycles. The fourth-order valence-electron chi connectivity index (χ4n) is 2.17. The molecule has 1 saturated heterocycles. The fourth-order valence-corrected chi connectivity index (χ4v) is 4.11. The first-order chi connectivity index (χ1) is 9.21. The summed E-state index contributed by atoms with van der Waals surface area (Å²) in [4.78, 5) is 12.3. The maximum absolute atomic E-state index is 12.3. The molecule has 0 aliphatic carbocycles. The maximum Gasteiger partial charge on any atom is 0.244 e. The predicted molar refractivity (Wildman–Crippen MR) is 80.9 cm³/mol. The lowest BCUT2D eigenvalue weighted by Gasteiger charge is -2.26. The molecule has 1 aromatic carbocycles. The van der Waals surface area contributed by atoms with Gasteiger partial charge < -0.3 is 11.1 Å². The summed E-state index contributed by atoms with van der Waals surface area (Å²) in [5.41, 5.74) is 5.59. The van der Waals surface area contributed by atoms with Crippen molar-refractivity contribution < 1.29 is 13.2 Å². The quantitative estimate of drug-likeness (QED) is 0.838. The number of nitrogens with two attached hydrogens (primary N) is 1. The van der Waals surface area contributed by atoms with Gasteiger partial charge in [-0.25, -0.2) is 8.42 Å². The first-order valence-electron chi connectivity index (χ1n) is 6.27. The molecule has 5 nitrogen and oxygen atoms in total. The number of sulfone groups is 1. The SMILES string of the molecule is CC(N)(C(=O)NC1CCS(=O)(=O)C1)c1ccc(Br)cc1. The van der Waals surface area contributed by atoms with Gasteiger partial charge in [0.15, 0.2) is 9.84 Å². The number of benzene rings is 1. The summed E-state index contributed by atoms with van der Waals surface area (Å²) in [7, 11) is -3.02. The van der Waals surface area contributed by atoms with Crippen molar-refractivity contribution in [3.05, 3.63) is 34.3 Å². The predicted octanol–water partition coefficient (Wildman–Crippen LogP) is 0.926. The van der Waals surface area contributed by atoms with Crippen molar-refractivity contribution in [2.45, 2.75) is 24.9 Å². The van der Waals surface area contributed by atoms with Crippen LogP contribution >= 0.6 is 15.9 Å². The largest absolute Gasteiger partial charge is 0.350 e. The van der Waals surface area contributed by atoms with Gasteiger partial charge in [-0.05, 0) is 31.0 Å². The first-order valence-corrected chi connectivity index (χ1v) is 8.88. The van der Waals surface area contributed by atoms with Crippen LogP contribution in [0.4, 0.5) is 0 Å². The van der Waals surface area contributed by atoms with Crippen molar-refractivity contribution in [2.24, 2.45) is 5.73 Å². The second kappa shape index (κ2) is 5.46. The fraction of sp³-hybridized carbons (Fsp3) is 0.462. The minimum atomic E-state index is -3.02. The zero-order chi connectivity index (χ0) is 15.0. The summed E-state index contributed by atoms with van der Waals surface area (Å²) < 4.78 is 23.7. The minimum Gasteiger partial charge on any atom is -0.350 e. The molecule has 1 amide bonds. The van der Waals surface area contributed by atoms with Crippen LogP contribution in [-0.2, 0) is 20.2 Å². The lowest BCUT2D eigenvalue weighted by Crippen LogP contribution is -2.52. The highest BCUT2D eigenvalue weighted by Crippen LogP contribution is 2.21. The molecule has 110 valence electrons. The molecule has 1 aliphatic rings. The highest BCUT2D eigenvalue weighted by Gasteiger charge is 2.35. The number of hydrogen-bond acceptors (Lipinski definition) is 4. The number of carbonyl (C=O) groups is 1. The van der Waals surface area contributed by atoms with Crippen molar-refractivity contribution in [3.63, 3.8) is 0 Å². The zero-order valence-corrected chi connectivity index (χ0v) is 13.5. The third-order valence-electron chi connectivity index (χ3n) is 3.48. The van der Waals surface area contributed by atoms with E-state index in [1.54, 1.807) is 19.1 Å². The third-order valence-corrected chi connectivity index (χ3v) is 5.78. The Labute approximate surface area is 127 Å². The Morgan fingerprint density at radius 2 is 2.00 bits per heavy atom. The highest BCUT2D eigenvalue weighted by atomic mass is 79.9. The number of amides is 1. The number of carbonyl (C=O) groups excluding carboxylic acids is 1. The molecule has 0 saturated carbocycles. The average Bonchev–Trinajstić information content (AvgIpc) is 2.69. The Bertz CT molecular complexity index is 611. The van der Waals surface area contributed by atoms with Crippen LogP contribution in [0.1, 0.15) is 18.9 Å². The molecule has 0 radical (unpaired) electrons. The van der Waals surface area contributed by atoms with E-state index >= 15 is 0 Å². The van der Waals surface area contributed by atoms with Gasteiger partial charge in [0.1, 0.15) is 5.54 Å². The normalized spacial score (nSPS) is 24.1. The summed E-state index contributed by atoms with van der Waals surface area (Å²) in [6.45, 7) is 1.62. The van der Waals surface area contributed by atoms with Crippen molar-refractivity contribution in [3.8, 4) is 0 Å². The number of halogens is 1. The topological polar surface area (TPSA) is 89.3 Å². The minimum absolute atomic E-state index is 0.00480. The first kappa shape index (κ1) is 15.5. The van der Waals surface area contributed by atoms with Gasteiger partial charge in [-0.3, -0.25) is 4.79 Å². The Balaban J connectivity index is 2.09. The lowest BCUT2D eigenvalue weighted by atomic mass is 9.92. The standard InChI is InChI=1S/C13H17BrN2O3S/c1-13(15,9-2-4-10(14)5-3-9)12(17)16-11-6-7-20(18,19)8-11/h2-5,11H,6-8,15H2,1H3,(H,16,17). The molecule has 1 fully saturated rings. The monoisotopic (exact) mass is 360 g/mol. The van der Waals surface area contributed by atoms with Gasteiger partial charge >= 0.3 is 0 Å². The van der Waals surface area contributed by atoms with Gasteiger partial charge in [-0.1, -0.05) is 28.1 Å². The van der Waals surface area contributed by atoms with Gasteiger partial charge in [-0.2, -0.15) is 0 Å². The molecule has 20 heavy (non-hydrogen) atoms. The van der Waals surface area contributed by atoms with Crippen molar-refractivity contribution in [1.29, 1.82) is 0 Å². The molecule has 7 heteroatoms. The average molecular weight is 361 g/mol. The van der Waals surface area contributed by atoms with Crippen LogP contribution in [0.3, 0.4) is 0 Å². The Hall–Kier alpha value is -0.920. The van der Waals surface area contributed by atoms with Crippen molar-refractivity contribution in [2.75, 3.05) is 11.5 Å². The number of hydrogen-bond donors (Lipinski definition) is 2. The molecule has 2 atom stereocenters. The second-order valence-electron chi connectivity index (χ2n) is 5.28. The molecule has 0 bridgehead atoms. The van der Waals surface area contributed by atoms with Gasteiger partial charge in [0.05, 0.1) is 11.5 Å². The zero-order valence-electron chi connectivity index (χ0n) is 11.1. The third kappa shape index (κ3) is 3.39. The van der Waals surface area contributed by atoms with E-state index in [-0.39, 0.29) is 23.5 Å². The Morgan fingerprint density at radius 3 is 2.50 bits per heavy atom. The summed E-state index contributed by atoms with van der Waals surface area (Å²) in [5.74, 6) is -0.242. The molecule has 2 rings (SSSR count). The van der Waals surface area contributed by atoms with Crippen LogP contribution in [0, 0.1) is 0 Å². The van der Waals surface area contributed by atoms with Crippen LogP contribution in [-0.4, -0.2) is 31.9 Å². The molecule has 1 aromatic rings. The van der Waals surface area contributed by atoms with Crippen LogP contribution < -0.4 is 11.1 Å². The van der Waals surface area contributed by atoms with E-state index in [1.807, 2.05) is 12.1 Å². The molecular formula is C13H17BrN2O3S. The van der Waals surface area contributed by atoms with Gasteiger partial charge in [0.25, 0.3) is 0 Å². The molecular weight excluding hydrogens is 344 g/mol. The smallest absolute Gasteiger partial charge is 0.244 e. The molecule has 3 N–H and O–H groups in total. The van der Waals surface area contributed by atoms with E-state index in [4.69, 9.17) is 5.73 Å². The van der Waals surface area contributed by atoms with Crippen LogP contribution in [0.5, 0.6) is 0 Å². The van der Waals surface area contributed by atoms with E-state index in [2.05, 4.69) is 21.2 Å². The summed E-state index contributed by atoms with van der Waals surface area (Å²) in [5, 5.41) is 2.73.